The second-order valence-corrected chi connectivity index (χ2v) is 6.43. The van der Waals surface area contributed by atoms with Crippen molar-refractivity contribution < 1.29 is 14.3 Å². The minimum Gasteiger partial charge on any atom is -0.374 e. The highest BCUT2D eigenvalue weighted by Crippen LogP contribution is 2.71. The highest BCUT2D eigenvalue weighted by atomic mass is 16.6. The fraction of sp³-hybridized carbons (Fsp3) is 0.786. The second kappa shape index (κ2) is 2.52. The molecule has 0 aromatic carbocycles. The molecule has 1 heterocycles. The van der Waals surface area contributed by atoms with E-state index in [2.05, 4.69) is 19.9 Å². The normalized spacial score (nSPS) is 58.8. The lowest BCUT2D eigenvalue weighted by Gasteiger charge is -2.54. The van der Waals surface area contributed by atoms with E-state index >= 15 is 0 Å². The summed E-state index contributed by atoms with van der Waals surface area (Å²) in [6.45, 7) is 5.05. The van der Waals surface area contributed by atoms with Gasteiger partial charge in [-0.2, -0.15) is 0 Å². The van der Waals surface area contributed by atoms with Crippen LogP contribution in [-0.2, 0) is 14.3 Å². The van der Waals surface area contributed by atoms with Crippen LogP contribution in [0.25, 0.3) is 0 Å². The number of methoxy groups -OCH3 is 1. The number of epoxide rings is 1. The molecule has 4 bridgehead atoms. The number of carbonyl (C=O) groups excluding carboxylic acids is 1. The number of rotatable bonds is 1. The highest BCUT2D eigenvalue weighted by Gasteiger charge is 2.81. The maximum Gasteiger partial charge on any atom is 0.142 e. The first-order chi connectivity index (χ1) is 8.00. The molecule has 1 aliphatic heterocycles. The van der Waals surface area contributed by atoms with E-state index in [-0.39, 0.29) is 22.5 Å². The highest BCUT2D eigenvalue weighted by molar-refractivity contribution is 5.91. The third-order valence-corrected chi connectivity index (χ3v) is 5.96. The van der Waals surface area contributed by atoms with Crippen LogP contribution >= 0.6 is 0 Å². The number of ether oxygens (including phenoxy) is 2. The molecular weight excluding hydrogens is 216 g/mol. The number of hydrogen-bond donors (Lipinski definition) is 0. The van der Waals surface area contributed by atoms with Gasteiger partial charge < -0.3 is 9.47 Å². The maximum atomic E-state index is 12.4. The largest absolute Gasteiger partial charge is 0.374 e. The van der Waals surface area contributed by atoms with Crippen molar-refractivity contribution in [3.8, 4) is 0 Å². The molecule has 0 aromatic heterocycles. The topological polar surface area (TPSA) is 38.8 Å². The van der Waals surface area contributed by atoms with Gasteiger partial charge in [-0.05, 0) is 13.3 Å². The van der Waals surface area contributed by atoms with E-state index in [1.807, 2.05) is 0 Å². The van der Waals surface area contributed by atoms with Crippen LogP contribution in [0.3, 0.4) is 0 Å². The van der Waals surface area contributed by atoms with Crippen molar-refractivity contribution in [3.63, 3.8) is 0 Å². The lowest BCUT2D eigenvalue weighted by Crippen LogP contribution is -2.62. The fourth-order valence-electron chi connectivity index (χ4n) is 4.90. The standard InChI is InChI=1S/C14H18O3/c1-8-4-10-12(2)5-9(8)14(7-17-14)13(10,16-3)6-11(12)15/h4,9-10H,5-7H2,1-3H3. The smallest absolute Gasteiger partial charge is 0.142 e. The maximum absolute atomic E-state index is 12.4. The summed E-state index contributed by atoms with van der Waals surface area (Å²) in [7, 11) is 1.74. The number of carbonyl (C=O) groups is 1. The Morgan fingerprint density at radius 1 is 1.53 bits per heavy atom. The number of hydrogen-bond acceptors (Lipinski definition) is 3. The summed E-state index contributed by atoms with van der Waals surface area (Å²) in [5.41, 5.74) is 0.627. The first-order valence-electron chi connectivity index (χ1n) is 6.41. The van der Waals surface area contributed by atoms with Gasteiger partial charge in [0.05, 0.1) is 6.61 Å². The van der Waals surface area contributed by atoms with Gasteiger partial charge in [-0.15, -0.1) is 0 Å². The molecule has 1 spiro atoms. The molecule has 17 heavy (non-hydrogen) atoms. The Morgan fingerprint density at radius 3 is 2.82 bits per heavy atom. The van der Waals surface area contributed by atoms with Gasteiger partial charge in [0.25, 0.3) is 0 Å². The summed E-state index contributed by atoms with van der Waals surface area (Å²) in [5.74, 6) is 0.953. The summed E-state index contributed by atoms with van der Waals surface area (Å²) in [6.07, 6.45) is 3.77. The quantitative estimate of drug-likeness (QED) is 0.512. The first kappa shape index (κ1) is 10.3. The molecule has 0 amide bonds. The minimum absolute atomic E-state index is 0.184. The lowest BCUT2D eigenvalue weighted by atomic mass is 9.52. The molecule has 4 aliphatic carbocycles. The summed E-state index contributed by atoms with van der Waals surface area (Å²) < 4.78 is 11.7. The van der Waals surface area contributed by atoms with Crippen molar-refractivity contribution in [1.29, 1.82) is 0 Å². The van der Waals surface area contributed by atoms with Crippen molar-refractivity contribution >= 4 is 5.78 Å². The molecule has 3 heteroatoms. The zero-order chi connectivity index (χ0) is 12.1. The van der Waals surface area contributed by atoms with Crippen molar-refractivity contribution in [2.75, 3.05) is 13.7 Å². The Kier molecular flexibility index (Phi) is 1.52. The third-order valence-electron chi connectivity index (χ3n) is 5.96. The molecule has 2 saturated carbocycles. The molecule has 5 unspecified atom stereocenters. The molecule has 0 N–H and O–H groups in total. The Labute approximate surface area is 101 Å². The number of ketones is 1. The molecule has 5 aliphatic rings. The van der Waals surface area contributed by atoms with Gasteiger partial charge in [0.15, 0.2) is 0 Å². The van der Waals surface area contributed by atoms with Crippen LogP contribution in [0.15, 0.2) is 11.6 Å². The molecule has 1 saturated heterocycles. The Hall–Kier alpha value is -0.670. The van der Waals surface area contributed by atoms with Gasteiger partial charge >= 0.3 is 0 Å². The van der Waals surface area contributed by atoms with Crippen molar-refractivity contribution in [2.45, 2.75) is 37.9 Å². The van der Waals surface area contributed by atoms with Gasteiger partial charge in [0.1, 0.15) is 17.0 Å². The summed E-state index contributed by atoms with van der Waals surface area (Å²) in [6, 6.07) is 0. The summed E-state index contributed by atoms with van der Waals surface area (Å²) in [4.78, 5) is 12.4. The van der Waals surface area contributed by atoms with Crippen LogP contribution in [0.5, 0.6) is 0 Å². The summed E-state index contributed by atoms with van der Waals surface area (Å²) in [5, 5.41) is 0. The van der Waals surface area contributed by atoms with Crippen LogP contribution in [0.2, 0.25) is 0 Å². The van der Waals surface area contributed by atoms with Gasteiger partial charge in [-0.1, -0.05) is 18.6 Å². The van der Waals surface area contributed by atoms with Crippen molar-refractivity contribution in [3.05, 3.63) is 11.6 Å². The zero-order valence-electron chi connectivity index (χ0n) is 10.6. The molecule has 0 radical (unpaired) electrons. The molecule has 5 atom stereocenters. The SMILES string of the molecule is COC12CC(=O)C3(C)CC(C(C)=CC31)C21CO1. The number of Topliss-reactive ketones (excluding diaryl/α,β-unsaturated/α-hetero) is 1. The van der Waals surface area contributed by atoms with Gasteiger partial charge in [0.2, 0.25) is 0 Å². The van der Waals surface area contributed by atoms with E-state index in [0.717, 1.165) is 13.0 Å². The van der Waals surface area contributed by atoms with Crippen LogP contribution < -0.4 is 0 Å². The van der Waals surface area contributed by atoms with Crippen LogP contribution in [0.1, 0.15) is 26.7 Å². The van der Waals surface area contributed by atoms with E-state index in [0.29, 0.717) is 18.1 Å². The van der Waals surface area contributed by atoms with Crippen molar-refractivity contribution in [2.24, 2.45) is 17.3 Å². The molecular formula is C14H18O3. The summed E-state index contributed by atoms with van der Waals surface area (Å²) >= 11 is 0. The van der Waals surface area contributed by atoms with Gasteiger partial charge in [-0.3, -0.25) is 4.79 Å². The average molecular weight is 234 g/mol. The predicted octanol–water partition coefficient (Wildman–Crippen LogP) is 1.72. The Bertz CT molecular complexity index is 462. The third kappa shape index (κ3) is 0.801. The second-order valence-electron chi connectivity index (χ2n) is 6.43. The molecule has 0 aromatic rings. The van der Waals surface area contributed by atoms with Crippen LogP contribution in [0, 0.1) is 17.3 Å². The molecule has 5 rings (SSSR count). The fourth-order valence-corrected chi connectivity index (χ4v) is 4.90. The average Bonchev–Trinajstić information content (AvgIpc) is 3.05. The van der Waals surface area contributed by atoms with E-state index in [9.17, 15) is 4.79 Å². The molecule has 3 nitrogen and oxygen atoms in total. The Morgan fingerprint density at radius 2 is 2.24 bits per heavy atom. The van der Waals surface area contributed by atoms with Crippen LogP contribution in [0.4, 0.5) is 0 Å². The van der Waals surface area contributed by atoms with E-state index in [4.69, 9.17) is 9.47 Å². The monoisotopic (exact) mass is 234 g/mol. The van der Waals surface area contributed by atoms with Crippen molar-refractivity contribution in [1.82, 2.24) is 0 Å². The van der Waals surface area contributed by atoms with Gasteiger partial charge in [-0.25, -0.2) is 0 Å². The lowest BCUT2D eigenvalue weighted by molar-refractivity contribution is -0.150. The predicted molar refractivity (Wildman–Crippen MR) is 61.5 cm³/mol. The van der Waals surface area contributed by atoms with E-state index < -0.39 is 0 Å². The first-order valence-corrected chi connectivity index (χ1v) is 6.41. The van der Waals surface area contributed by atoms with E-state index in [1.165, 1.54) is 5.57 Å². The molecule has 92 valence electrons. The van der Waals surface area contributed by atoms with Gasteiger partial charge in [0, 0.05) is 30.8 Å². The van der Waals surface area contributed by atoms with E-state index in [1.54, 1.807) is 7.11 Å². The zero-order valence-corrected chi connectivity index (χ0v) is 10.6. The van der Waals surface area contributed by atoms with Crippen LogP contribution in [-0.4, -0.2) is 30.7 Å². The minimum atomic E-state index is -0.374. The molecule has 3 fully saturated rings. The Balaban J connectivity index is 1.99.